The average Bonchev–Trinajstić information content (AvgIpc) is 3.16. The number of nitro benzene ring substituents is 1. The van der Waals surface area contributed by atoms with Crippen LogP contribution >= 0.6 is 11.3 Å². The monoisotopic (exact) mass is 376 g/mol. The number of nitrogens with zero attached hydrogens (tertiary/aromatic N) is 2. The number of nitro groups is 1. The molecular formula is C16H12N2O7S. The van der Waals surface area contributed by atoms with Gasteiger partial charge in [-0.05, 0) is 25.1 Å². The molecule has 0 bridgehead atoms. The van der Waals surface area contributed by atoms with Crippen molar-refractivity contribution in [3.05, 3.63) is 60.8 Å². The third kappa shape index (κ3) is 3.54. The summed E-state index contributed by atoms with van der Waals surface area (Å²) in [6.45, 7) is 0.948. The van der Waals surface area contributed by atoms with Crippen molar-refractivity contribution < 1.29 is 23.7 Å². The summed E-state index contributed by atoms with van der Waals surface area (Å²) < 4.78 is 10.8. The molecule has 0 saturated carbocycles. The van der Waals surface area contributed by atoms with E-state index in [0.717, 1.165) is 15.5 Å². The molecule has 26 heavy (non-hydrogen) atoms. The lowest BCUT2D eigenvalue weighted by Crippen LogP contribution is -2.23. The molecule has 9 nitrogen and oxygen atoms in total. The largest absolute Gasteiger partial charge is 0.456 e. The van der Waals surface area contributed by atoms with E-state index in [-0.39, 0.29) is 22.6 Å². The fourth-order valence-electron chi connectivity index (χ4n) is 2.29. The zero-order valence-electron chi connectivity index (χ0n) is 13.5. The molecular weight excluding hydrogens is 364 g/mol. The van der Waals surface area contributed by atoms with E-state index >= 15 is 0 Å². The van der Waals surface area contributed by atoms with Gasteiger partial charge >= 0.3 is 11.7 Å². The Morgan fingerprint density at radius 1 is 1.31 bits per heavy atom. The minimum atomic E-state index is -0.849. The summed E-state index contributed by atoms with van der Waals surface area (Å²) in [7, 11) is 0. The number of carbonyl (C=O) groups is 2. The highest BCUT2D eigenvalue weighted by atomic mass is 32.1. The number of carbonyl (C=O) groups excluding carboxylic acids is 2. The molecule has 0 fully saturated rings. The number of aryl methyl sites for hydroxylation is 1. The molecule has 0 aliphatic carbocycles. The number of esters is 1. The van der Waals surface area contributed by atoms with E-state index in [4.69, 9.17) is 9.15 Å². The molecule has 2 aromatic heterocycles. The molecule has 10 heteroatoms. The molecule has 0 amide bonds. The van der Waals surface area contributed by atoms with Crippen LogP contribution in [0.3, 0.4) is 0 Å². The smallest absolute Gasteiger partial charge is 0.420 e. The van der Waals surface area contributed by atoms with Gasteiger partial charge in [0.25, 0.3) is 5.69 Å². The normalized spacial score (nSPS) is 10.8. The molecule has 134 valence electrons. The first-order valence-corrected chi connectivity index (χ1v) is 8.20. The van der Waals surface area contributed by atoms with Gasteiger partial charge in [-0.2, -0.15) is 0 Å². The van der Waals surface area contributed by atoms with Gasteiger partial charge in [0, 0.05) is 10.9 Å². The van der Waals surface area contributed by atoms with Crippen LogP contribution in [0.4, 0.5) is 5.69 Å². The minimum Gasteiger partial charge on any atom is -0.456 e. The molecule has 2 heterocycles. The van der Waals surface area contributed by atoms with Crippen molar-refractivity contribution in [3.63, 3.8) is 0 Å². The lowest BCUT2D eigenvalue weighted by Gasteiger charge is -2.04. The summed E-state index contributed by atoms with van der Waals surface area (Å²) in [4.78, 5) is 47.3. The van der Waals surface area contributed by atoms with Crippen molar-refractivity contribution in [1.82, 2.24) is 4.57 Å². The number of hydrogen-bond donors (Lipinski definition) is 0. The van der Waals surface area contributed by atoms with Gasteiger partial charge in [0.15, 0.2) is 12.2 Å². The standard InChI is InChI=1S/C16H12N2O7S/c1-9-2-5-14(26-9)12(19)8-24-15(20)7-17-11-4-3-10(18(22)23)6-13(11)25-16(17)21/h2-6H,7-8H2,1H3. The molecule has 0 atom stereocenters. The Hall–Kier alpha value is -3.27. The van der Waals surface area contributed by atoms with E-state index in [2.05, 4.69) is 0 Å². The van der Waals surface area contributed by atoms with E-state index < -0.39 is 29.8 Å². The van der Waals surface area contributed by atoms with Crippen molar-refractivity contribution in [1.29, 1.82) is 0 Å². The third-order valence-electron chi connectivity index (χ3n) is 3.53. The van der Waals surface area contributed by atoms with Crippen LogP contribution in [0.2, 0.25) is 0 Å². The van der Waals surface area contributed by atoms with Crippen molar-refractivity contribution >= 4 is 39.9 Å². The second-order valence-corrected chi connectivity index (χ2v) is 6.65. The van der Waals surface area contributed by atoms with Crippen LogP contribution in [0.5, 0.6) is 0 Å². The summed E-state index contributed by atoms with van der Waals surface area (Å²) in [6.07, 6.45) is 0. The quantitative estimate of drug-likeness (QED) is 0.280. The number of ether oxygens (including phenoxy) is 1. The van der Waals surface area contributed by atoms with Crippen LogP contribution in [0.25, 0.3) is 11.1 Å². The molecule has 3 rings (SSSR count). The number of thiophene rings is 1. The molecule has 0 spiro atoms. The molecule has 0 unspecified atom stereocenters. The first-order chi connectivity index (χ1) is 12.3. The van der Waals surface area contributed by atoms with E-state index in [1.165, 1.54) is 23.5 Å². The Bertz CT molecular complexity index is 1080. The summed E-state index contributed by atoms with van der Waals surface area (Å²) in [6, 6.07) is 7.04. The third-order valence-corrected chi connectivity index (χ3v) is 4.57. The van der Waals surface area contributed by atoms with Gasteiger partial charge in [-0.15, -0.1) is 11.3 Å². The maximum absolute atomic E-state index is 11.9. The zero-order valence-corrected chi connectivity index (χ0v) is 14.3. The van der Waals surface area contributed by atoms with Gasteiger partial charge in [-0.1, -0.05) is 0 Å². The van der Waals surface area contributed by atoms with E-state index in [1.807, 2.05) is 6.92 Å². The summed E-state index contributed by atoms with van der Waals surface area (Å²) in [5.41, 5.74) is -0.0299. The Morgan fingerprint density at radius 2 is 2.08 bits per heavy atom. The van der Waals surface area contributed by atoms with Gasteiger partial charge in [0.05, 0.1) is 21.4 Å². The molecule has 0 aliphatic heterocycles. The topological polar surface area (TPSA) is 122 Å². The maximum atomic E-state index is 11.9. The average molecular weight is 376 g/mol. The van der Waals surface area contributed by atoms with Crippen molar-refractivity contribution in [3.8, 4) is 0 Å². The SMILES string of the molecule is Cc1ccc(C(=O)COC(=O)Cn2c(=O)oc3cc([N+](=O)[O-])ccc32)s1. The Labute approximate surface area is 149 Å². The fraction of sp³-hybridized carbons (Fsp3) is 0.188. The van der Waals surface area contributed by atoms with Crippen molar-refractivity contribution in [2.24, 2.45) is 0 Å². The number of benzene rings is 1. The van der Waals surface area contributed by atoms with Crippen LogP contribution in [-0.2, 0) is 16.1 Å². The van der Waals surface area contributed by atoms with Gasteiger partial charge in [-0.3, -0.25) is 24.3 Å². The first-order valence-electron chi connectivity index (χ1n) is 7.38. The van der Waals surface area contributed by atoms with Crippen molar-refractivity contribution in [2.75, 3.05) is 6.61 Å². The molecule has 0 saturated heterocycles. The highest BCUT2D eigenvalue weighted by Crippen LogP contribution is 2.20. The fourth-order valence-corrected chi connectivity index (χ4v) is 3.09. The highest BCUT2D eigenvalue weighted by Gasteiger charge is 2.18. The number of hydrogen-bond acceptors (Lipinski definition) is 8. The van der Waals surface area contributed by atoms with Gasteiger partial charge in [0.1, 0.15) is 6.54 Å². The maximum Gasteiger partial charge on any atom is 0.420 e. The molecule has 0 aliphatic rings. The Balaban J connectivity index is 1.71. The number of fused-ring (bicyclic) bond motifs is 1. The van der Waals surface area contributed by atoms with Crippen LogP contribution < -0.4 is 5.76 Å². The number of aromatic nitrogens is 1. The first kappa shape index (κ1) is 17.5. The van der Waals surface area contributed by atoms with E-state index in [0.29, 0.717) is 4.88 Å². The van der Waals surface area contributed by atoms with Crippen LogP contribution in [0, 0.1) is 17.0 Å². The summed E-state index contributed by atoms with van der Waals surface area (Å²) >= 11 is 1.29. The van der Waals surface area contributed by atoms with E-state index in [9.17, 15) is 24.5 Å². The zero-order chi connectivity index (χ0) is 18.8. The van der Waals surface area contributed by atoms with Gasteiger partial charge in [-0.25, -0.2) is 4.79 Å². The van der Waals surface area contributed by atoms with Gasteiger partial charge in [0.2, 0.25) is 5.78 Å². The lowest BCUT2D eigenvalue weighted by atomic mass is 10.3. The highest BCUT2D eigenvalue weighted by molar-refractivity contribution is 7.14. The van der Waals surface area contributed by atoms with Gasteiger partial charge < -0.3 is 9.15 Å². The van der Waals surface area contributed by atoms with Crippen molar-refractivity contribution in [2.45, 2.75) is 13.5 Å². The number of non-ortho nitro benzene ring substituents is 1. The second-order valence-electron chi connectivity index (χ2n) is 5.36. The van der Waals surface area contributed by atoms with Crippen LogP contribution in [-0.4, -0.2) is 27.8 Å². The second kappa shape index (κ2) is 6.92. The number of oxazole rings is 1. The molecule has 0 radical (unpaired) electrons. The van der Waals surface area contributed by atoms with E-state index in [1.54, 1.807) is 12.1 Å². The Morgan fingerprint density at radius 3 is 2.73 bits per heavy atom. The Kier molecular flexibility index (Phi) is 4.67. The van der Waals surface area contributed by atoms with Crippen LogP contribution in [0.1, 0.15) is 14.5 Å². The molecule has 0 N–H and O–H groups in total. The van der Waals surface area contributed by atoms with Crippen LogP contribution in [0.15, 0.2) is 39.5 Å². The number of ketones is 1. The number of Topliss-reactive ketones (excluding diaryl/α,β-unsaturated/α-hetero) is 1. The predicted molar refractivity (Wildman–Crippen MR) is 91.5 cm³/mol. The number of rotatable bonds is 6. The predicted octanol–water partition coefficient (Wildman–Crippen LogP) is 2.30. The molecule has 3 aromatic rings. The molecule has 1 aromatic carbocycles. The minimum absolute atomic E-state index is 0.0119. The summed E-state index contributed by atoms with van der Waals surface area (Å²) in [5.74, 6) is -1.98. The summed E-state index contributed by atoms with van der Waals surface area (Å²) in [5, 5.41) is 10.8. The lowest BCUT2D eigenvalue weighted by molar-refractivity contribution is -0.384.